The van der Waals surface area contributed by atoms with E-state index in [-0.39, 0.29) is 10.8 Å². The van der Waals surface area contributed by atoms with Crippen LogP contribution in [0.2, 0.25) is 0 Å². The fourth-order valence-electron chi connectivity index (χ4n) is 3.29. The van der Waals surface area contributed by atoms with Crippen molar-refractivity contribution in [2.45, 2.75) is 37.5 Å². The quantitative estimate of drug-likeness (QED) is 0.478. The Kier molecular flexibility index (Phi) is 7.80. The molecule has 1 aliphatic rings. The van der Waals surface area contributed by atoms with Crippen molar-refractivity contribution >= 4 is 49.8 Å². The van der Waals surface area contributed by atoms with Gasteiger partial charge in [0.2, 0.25) is 15.9 Å². The molecule has 0 spiro atoms. The first-order chi connectivity index (χ1) is 15.7. The summed E-state index contributed by atoms with van der Waals surface area (Å²) in [4.78, 5) is 36.1. The van der Waals surface area contributed by atoms with Gasteiger partial charge in [-0.2, -0.15) is 9.98 Å². The van der Waals surface area contributed by atoms with Gasteiger partial charge in [-0.25, -0.2) is 8.42 Å². The lowest BCUT2D eigenvalue weighted by atomic mass is 9.96. The van der Waals surface area contributed by atoms with Gasteiger partial charge in [0.05, 0.1) is 10.5 Å². The Labute approximate surface area is 195 Å². The summed E-state index contributed by atoms with van der Waals surface area (Å²) in [6, 6.07) is 7.51. The first-order valence-electron chi connectivity index (χ1n) is 10.1. The first kappa shape index (κ1) is 24.4. The Morgan fingerprint density at radius 2 is 1.82 bits per heavy atom. The minimum absolute atomic E-state index is 0.104. The molecule has 0 saturated carbocycles. The molecule has 1 aromatic heterocycles. The third-order valence-corrected chi connectivity index (χ3v) is 7.42. The molecular formula is C21H22N4O6S2. The molecule has 1 aromatic carbocycles. The predicted octanol–water partition coefficient (Wildman–Crippen LogP) is 1.92. The van der Waals surface area contributed by atoms with Gasteiger partial charge in [0.25, 0.3) is 5.91 Å². The molecule has 12 heteroatoms. The number of carbonyl (C=O) groups excluding carboxylic acids is 3. The molecule has 0 aliphatic heterocycles. The molecule has 0 bridgehead atoms. The van der Waals surface area contributed by atoms with Crippen LogP contribution in [0.4, 0.5) is 10.7 Å². The summed E-state index contributed by atoms with van der Waals surface area (Å²) in [5, 5.41) is 15.0. The molecule has 3 rings (SSSR count). The number of carbonyl (C=O) groups is 3. The molecule has 0 saturated heterocycles. The molecule has 2 amide bonds. The van der Waals surface area contributed by atoms with Crippen molar-refractivity contribution in [1.29, 1.82) is 5.26 Å². The molecule has 1 aliphatic carbocycles. The molecule has 0 atom stereocenters. The highest BCUT2D eigenvalue weighted by molar-refractivity contribution is 7.89. The van der Waals surface area contributed by atoms with Gasteiger partial charge in [0.15, 0.2) is 6.61 Å². The summed E-state index contributed by atoms with van der Waals surface area (Å²) in [5.41, 5.74) is 1.85. The van der Waals surface area contributed by atoms with Crippen LogP contribution in [0.1, 0.15) is 35.8 Å². The minimum Gasteiger partial charge on any atom is -0.455 e. The molecule has 0 radical (unpaired) electrons. The number of aryl methyl sites for hydroxylation is 1. The molecule has 10 nitrogen and oxygen atoms in total. The van der Waals surface area contributed by atoms with Gasteiger partial charge in [-0.3, -0.25) is 14.4 Å². The fourth-order valence-corrected chi connectivity index (χ4v) is 5.51. The number of rotatable bonds is 8. The van der Waals surface area contributed by atoms with Gasteiger partial charge in [0, 0.05) is 17.5 Å². The number of sulfonamides is 1. The maximum absolute atomic E-state index is 12.3. The molecule has 174 valence electrons. The monoisotopic (exact) mass is 490 g/mol. The normalized spacial score (nSPS) is 12.8. The van der Waals surface area contributed by atoms with E-state index in [0.717, 1.165) is 36.1 Å². The zero-order valence-corrected chi connectivity index (χ0v) is 19.4. The van der Waals surface area contributed by atoms with E-state index in [0.29, 0.717) is 16.3 Å². The average Bonchev–Trinajstić information content (AvgIpc) is 3.13. The van der Waals surface area contributed by atoms with Gasteiger partial charge < -0.3 is 15.4 Å². The summed E-state index contributed by atoms with van der Waals surface area (Å²) in [5.74, 6) is -1.84. The highest BCUT2D eigenvalue weighted by atomic mass is 32.2. The lowest BCUT2D eigenvalue weighted by Crippen LogP contribution is -2.32. The maximum Gasteiger partial charge on any atom is 0.321 e. The van der Waals surface area contributed by atoms with Crippen molar-refractivity contribution in [2.75, 3.05) is 23.8 Å². The molecule has 33 heavy (non-hydrogen) atoms. The number of nitrogens with one attached hydrogen (secondary N) is 3. The summed E-state index contributed by atoms with van der Waals surface area (Å²) in [7, 11) is -4.00. The van der Waals surface area contributed by atoms with Crippen LogP contribution in [-0.2, 0) is 42.0 Å². The predicted molar refractivity (Wildman–Crippen MR) is 121 cm³/mol. The number of benzene rings is 1. The van der Waals surface area contributed by atoms with Crippen LogP contribution in [0.3, 0.4) is 0 Å². The van der Waals surface area contributed by atoms with Crippen molar-refractivity contribution < 1.29 is 27.5 Å². The van der Waals surface area contributed by atoms with Gasteiger partial charge in [-0.05, 0) is 55.5 Å². The summed E-state index contributed by atoms with van der Waals surface area (Å²) in [6.07, 6.45) is 3.71. The number of nitrogens with zero attached hydrogens (tertiary/aromatic N) is 1. The topological polar surface area (TPSA) is 154 Å². The van der Waals surface area contributed by atoms with E-state index in [4.69, 9.17) is 4.74 Å². The highest BCUT2D eigenvalue weighted by Gasteiger charge is 2.22. The number of nitriles is 1. The number of hydrogen-bond acceptors (Lipinski definition) is 8. The zero-order chi connectivity index (χ0) is 24.0. The molecule has 0 fully saturated rings. The standard InChI is InChI=1S/C21H22N4O6S2/c1-13(26)24-14-6-8-15(9-7-14)33(29,30)23-11-20(28)31-12-19(27)25-21-17(10-22)16-4-2-3-5-18(16)32-21/h6-9,23H,2-5,11-12H2,1H3,(H,24,26)(H,25,27). The Bertz CT molecular complexity index is 1210. The van der Waals surface area contributed by atoms with Crippen molar-refractivity contribution in [3.63, 3.8) is 0 Å². The molecule has 2 aromatic rings. The van der Waals surface area contributed by atoms with E-state index in [1.165, 1.54) is 42.5 Å². The van der Waals surface area contributed by atoms with Gasteiger partial charge in [-0.1, -0.05) is 0 Å². The largest absolute Gasteiger partial charge is 0.455 e. The van der Waals surface area contributed by atoms with Crippen molar-refractivity contribution in [2.24, 2.45) is 0 Å². The third-order valence-electron chi connectivity index (χ3n) is 4.79. The van der Waals surface area contributed by atoms with Crippen molar-refractivity contribution in [3.05, 3.63) is 40.3 Å². The molecule has 1 heterocycles. The van der Waals surface area contributed by atoms with Crippen LogP contribution >= 0.6 is 11.3 Å². The second-order valence-electron chi connectivity index (χ2n) is 7.27. The fraction of sp³-hybridized carbons (Fsp3) is 0.333. The van der Waals surface area contributed by atoms with Crippen LogP contribution in [0.5, 0.6) is 0 Å². The minimum atomic E-state index is -4.00. The van der Waals surface area contributed by atoms with Gasteiger partial charge in [-0.15, -0.1) is 11.3 Å². The van der Waals surface area contributed by atoms with E-state index in [1.807, 2.05) is 0 Å². The lowest BCUT2D eigenvalue weighted by Gasteiger charge is -2.09. The van der Waals surface area contributed by atoms with Gasteiger partial charge >= 0.3 is 5.97 Å². The van der Waals surface area contributed by atoms with E-state index in [1.54, 1.807) is 0 Å². The highest BCUT2D eigenvalue weighted by Crippen LogP contribution is 2.37. The van der Waals surface area contributed by atoms with Crippen LogP contribution < -0.4 is 15.4 Å². The Morgan fingerprint density at radius 1 is 1.12 bits per heavy atom. The Balaban J connectivity index is 1.49. The van der Waals surface area contributed by atoms with Crippen molar-refractivity contribution in [1.82, 2.24) is 4.72 Å². The summed E-state index contributed by atoms with van der Waals surface area (Å²) < 4.78 is 31.5. The van der Waals surface area contributed by atoms with E-state index in [9.17, 15) is 28.1 Å². The van der Waals surface area contributed by atoms with E-state index < -0.39 is 35.1 Å². The van der Waals surface area contributed by atoms with E-state index >= 15 is 0 Å². The number of thiophene rings is 1. The smallest absolute Gasteiger partial charge is 0.321 e. The van der Waals surface area contributed by atoms with Crippen LogP contribution in [0.25, 0.3) is 0 Å². The SMILES string of the molecule is CC(=O)Nc1ccc(S(=O)(=O)NCC(=O)OCC(=O)Nc2sc3c(c2C#N)CCCC3)cc1. The maximum atomic E-state index is 12.3. The van der Waals surface area contributed by atoms with E-state index in [2.05, 4.69) is 21.4 Å². The lowest BCUT2D eigenvalue weighted by molar-refractivity contribution is -0.146. The average molecular weight is 491 g/mol. The Morgan fingerprint density at radius 3 is 2.48 bits per heavy atom. The molecule has 0 unspecified atom stereocenters. The van der Waals surface area contributed by atoms with Crippen LogP contribution in [0.15, 0.2) is 29.2 Å². The Hall–Kier alpha value is -3.27. The van der Waals surface area contributed by atoms with Crippen molar-refractivity contribution in [3.8, 4) is 6.07 Å². The second kappa shape index (κ2) is 10.6. The number of anilines is 2. The molecular weight excluding hydrogens is 468 g/mol. The number of fused-ring (bicyclic) bond motifs is 1. The number of amides is 2. The van der Waals surface area contributed by atoms with Crippen LogP contribution in [-0.4, -0.2) is 39.4 Å². The zero-order valence-electron chi connectivity index (χ0n) is 17.8. The third kappa shape index (κ3) is 6.38. The summed E-state index contributed by atoms with van der Waals surface area (Å²) >= 11 is 1.35. The second-order valence-corrected chi connectivity index (χ2v) is 10.1. The summed E-state index contributed by atoms with van der Waals surface area (Å²) in [6.45, 7) is 0.0492. The number of esters is 1. The number of ether oxygens (including phenoxy) is 1. The number of hydrogen-bond donors (Lipinski definition) is 3. The molecule has 3 N–H and O–H groups in total. The van der Waals surface area contributed by atoms with Gasteiger partial charge in [0.1, 0.15) is 17.6 Å². The van der Waals surface area contributed by atoms with Crippen LogP contribution in [0, 0.1) is 11.3 Å². The first-order valence-corrected chi connectivity index (χ1v) is 12.4.